The summed E-state index contributed by atoms with van der Waals surface area (Å²) in [6, 6.07) is 7.26. The van der Waals surface area contributed by atoms with Crippen LogP contribution in [-0.2, 0) is 0 Å². The number of ether oxygens (including phenoxy) is 2. The lowest BCUT2D eigenvalue weighted by Gasteiger charge is -2.22. The van der Waals surface area contributed by atoms with Crippen LogP contribution in [0.1, 0.15) is 11.1 Å². The summed E-state index contributed by atoms with van der Waals surface area (Å²) in [5, 5.41) is 0.993. The van der Waals surface area contributed by atoms with Crippen molar-refractivity contribution in [3.8, 4) is 22.8 Å². The van der Waals surface area contributed by atoms with E-state index in [0.717, 1.165) is 44.8 Å². The van der Waals surface area contributed by atoms with Crippen LogP contribution >= 0.6 is 0 Å². The summed E-state index contributed by atoms with van der Waals surface area (Å²) in [6.45, 7) is 5.17. The lowest BCUT2D eigenvalue weighted by Crippen LogP contribution is -2.16. The first kappa shape index (κ1) is 13.8. The number of aryl methyl sites for hydroxylation is 2. The minimum Gasteiger partial charge on any atom is -0.486 e. The van der Waals surface area contributed by atoms with Crippen LogP contribution in [-0.4, -0.2) is 23.2 Å². The normalized spacial score (nSPS) is 13.3. The maximum absolute atomic E-state index is 11.2. The van der Waals surface area contributed by atoms with Gasteiger partial charge < -0.3 is 14.5 Å². The highest BCUT2D eigenvalue weighted by Gasteiger charge is 2.20. The Labute approximate surface area is 132 Å². The highest BCUT2D eigenvalue weighted by atomic mass is 16.6. The summed E-state index contributed by atoms with van der Waals surface area (Å²) in [5.41, 5.74) is 4.59. The molecule has 0 saturated heterocycles. The Hall–Kier alpha value is -2.82. The number of benzene rings is 1. The summed E-state index contributed by atoms with van der Waals surface area (Å²) in [5.74, 6) is 1.55. The van der Waals surface area contributed by atoms with Crippen LogP contribution in [0.3, 0.4) is 0 Å². The van der Waals surface area contributed by atoms with E-state index in [1.54, 1.807) is 12.3 Å². The van der Waals surface area contributed by atoms with E-state index >= 15 is 0 Å². The van der Waals surface area contributed by atoms with E-state index in [2.05, 4.69) is 4.98 Å². The standard InChI is InChI=1S/C18H16N2O3/c1-10-7-13(12-3-4-15(21)19-9-12)20-17-11(2)8-14-18(16(10)17)23-6-5-22-14/h3-4,7-9H,5-6H2,1-2H3,(H,19,21). The van der Waals surface area contributed by atoms with Gasteiger partial charge >= 0.3 is 0 Å². The molecule has 0 saturated carbocycles. The van der Waals surface area contributed by atoms with Crippen LogP contribution in [0, 0.1) is 13.8 Å². The topological polar surface area (TPSA) is 64.2 Å². The molecule has 5 nitrogen and oxygen atoms in total. The molecule has 0 amide bonds. The maximum atomic E-state index is 11.2. The summed E-state index contributed by atoms with van der Waals surface area (Å²) in [4.78, 5) is 18.7. The zero-order valence-electron chi connectivity index (χ0n) is 13.0. The third-order valence-corrected chi connectivity index (χ3v) is 4.06. The minimum atomic E-state index is -0.123. The van der Waals surface area contributed by atoms with Gasteiger partial charge in [-0.2, -0.15) is 0 Å². The molecule has 4 rings (SSSR count). The number of fused-ring (bicyclic) bond motifs is 3. The fourth-order valence-electron chi connectivity index (χ4n) is 2.96. The van der Waals surface area contributed by atoms with Gasteiger partial charge in [-0.05, 0) is 43.2 Å². The average molecular weight is 308 g/mol. The number of nitrogens with zero attached hydrogens (tertiary/aromatic N) is 1. The quantitative estimate of drug-likeness (QED) is 0.750. The SMILES string of the molecule is Cc1cc2c(c3c(C)cc(-c4ccc(=O)[nH]c4)nc13)OCCO2. The molecule has 0 fully saturated rings. The first-order valence-corrected chi connectivity index (χ1v) is 7.53. The number of hydrogen-bond acceptors (Lipinski definition) is 4. The van der Waals surface area contributed by atoms with Crippen molar-refractivity contribution in [2.45, 2.75) is 13.8 Å². The molecule has 3 heterocycles. The van der Waals surface area contributed by atoms with Gasteiger partial charge in [-0.3, -0.25) is 4.79 Å². The maximum Gasteiger partial charge on any atom is 0.247 e. The first-order valence-electron chi connectivity index (χ1n) is 7.53. The molecule has 0 aliphatic carbocycles. The Morgan fingerprint density at radius 3 is 2.70 bits per heavy atom. The second-order valence-electron chi connectivity index (χ2n) is 5.71. The van der Waals surface area contributed by atoms with E-state index in [1.165, 1.54) is 6.07 Å². The van der Waals surface area contributed by atoms with Crippen molar-refractivity contribution in [1.82, 2.24) is 9.97 Å². The monoisotopic (exact) mass is 308 g/mol. The molecule has 3 aromatic rings. The Morgan fingerprint density at radius 2 is 1.91 bits per heavy atom. The molecule has 1 N–H and O–H groups in total. The van der Waals surface area contributed by atoms with Crippen LogP contribution < -0.4 is 15.0 Å². The minimum absolute atomic E-state index is 0.123. The summed E-state index contributed by atoms with van der Waals surface area (Å²) in [6.07, 6.45) is 1.68. The van der Waals surface area contributed by atoms with Gasteiger partial charge in [-0.15, -0.1) is 0 Å². The Kier molecular flexibility index (Phi) is 3.08. The van der Waals surface area contributed by atoms with Gasteiger partial charge in [-0.1, -0.05) is 0 Å². The molecule has 0 spiro atoms. The lowest BCUT2D eigenvalue weighted by atomic mass is 10.0. The largest absolute Gasteiger partial charge is 0.486 e. The van der Waals surface area contributed by atoms with Crippen LogP contribution in [0.5, 0.6) is 11.5 Å². The highest BCUT2D eigenvalue weighted by molar-refractivity contribution is 5.94. The van der Waals surface area contributed by atoms with Crippen LogP contribution in [0.15, 0.2) is 35.3 Å². The van der Waals surface area contributed by atoms with Gasteiger partial charge in [0, 0.05) is 23.2 Å². The van der Waals surface area contributed by atoms with Crippen molar-refractivity contribution >= 4 is 10.9 Å². The smallest absolute Gasteiger partial charge is 0.247 e. The number of nitrogens with one attached hydrogen (secondary N) is 1. The van der Waals surface area contributed by atoms with Crippen molar-refractivity contribution < 1.29 is 9.47 Å². The molecule has 2 aromatic heterocycles. The molecule has 1 aromatic carbocycles. The Balaban J connectivity index is 1.99. The Bertz CT molecular complexity index is 956. The lowest BCUT2D eigenvalue weighted by molar-refractivity contribution is 0.174. The average Bonchev–Trinajstić information content (AvgIpc) is 2.55. The zero-order chi connectivity index (χ0) is 16.0. The van der Waals surface area contributed by atoms with Gasteiger partial charge in [0.25, 0.3) is 0 Å². The number of hydrogen-bond donors (Lipinski definition) is 1. The van der Waals surface area contributed by atoms with Gasteiger partial charge in [-0.25, -0.2) is 4.98 Å². The van der Waals surface area contributed by atoms with Gasteiger partial charge in [0.2, 0.25) is 5.56 Å². The first-order chi connectivity index (χ1) is 11.1. The highest BCUT2D eigenvalue weighted by Crippen LogP contribution is 2.41. The van der Waals surface area contributed by atoms with E-state index in [9.17, 15) is 4.79 Å². The van der Waals surface area contributed by atoms with E-state index in [0.29, 0.717) is 13.2 Å². The predicted octanol–water partition coefficient (Wildman–Crippen LogP) is 2.98. The molecule has 5 heteroatoms. The molecule has 0 bridgehead atoms. The molecular formula is C18H16N2O3. The van der Waals surface area contributed by atoms with E-state index < -0.39 is 0 Å². The van der Waals surface area contributed by atoms with Gasteiger partial charge in [0.1, 0.15) is 13.2 Å². The molecule has 0 radical (unpaired) electrons. The van der Waals surface area contributed by atoms with Crippen molar-refractivity contribution in [2.24, 2.45) is 0 Å². The molecular weight excluding hydrogens is 292 g/mol. The predicted molar refractivity (Wildman–Crippen MR) is 88.3 cm³/mol. The number of aromatic amines is 1. The molecule has 23 heavy (non-hydrogen) atoms. The second-order valence-corrected chi connectivity index (χ2v) is 5.71. The van der Waals surface area contributed by atoms with Gasteiger partial charge in [0.15, 0.2) is 11.5 Å². The van der Waals surface area contributed by atoms with Crippen molar-refractivity contribution in [2.75, 3.05) is 13.2 Å². The summed E-state index contributed by atoms with van der Waals surface area (Å²) < 4.78 is 11.5. The number of rotatable bonds is 1. The number of pyridine rings is 2. The van der Waals surface area contributed by atoms with Crippen LogP contribution in [0.25, 0.3) is 22.2 Å². The van der Waals surface area contributed by atoms with Crippen molar-refractivity contribution in [3.63, 3.8) is 0 Å². The number of aromatic nitrogens is 2. The van der Waals surface area contributed by atoms with Crippen LogP contribution in [0.4, 0.5) is 0 Å². The van der Waals surface area contributed by atoms with E-state index in [1.807, 2.05) is 26.0 Å². The summed E-state index contributed by atoms with van der Waals surface area (Å²) >= 11 is 0. The Morgan fingerprint density at radius 1 is 1.09 bits per heavy atom. The fraction of sp³-hybridized carbons (Fsp3) is 0.222. The molecule has 116 valence electrons. The summed E-state index contributed by atoms with van der Waals surface area (Å²) in [7, 11) is 0. The zero-order valence-corrected chi connectivity index (χ0v) is 13.0. The molecule has 0 atom stereocenters. The number of H-pyrrole nitrogens is 1. The molecule has 0 unspecified atom stereocenters. The molecule has 1 aliphatic rings. The third-order valence-electron chi connectivity index (χ3n) is 4.06. The molecule has 1 aliphatic heterocycles. The second kappa shape index (κ2) is 5.12. The third kappa shape index (κ3) is 2.25. The van der Waals surface area contributed by atoms with Crippen molar-refractivity contribution in [3.05, 3.63) is 51.9 Å². The van der Waals surface area contributed by atoms with E-state index in [-0.39, 0.29) is 5.56 Å². The van der Waals surface area contributed by atoms with Gasteiger partial charge in [0.05, 0.1) is 11.2 Å². The fourth-order valence-corrected chi connectivity index (χ4v) is 2.96. The van der Waals surface area contributed by atoms with Crippen molar-refractivity contribution in [1.29, 1.82) is 0 Å². The van der Waals surface area contributed by atoms with E-state index in [4.69, 9.17) is 14.5 Å². The van der Waals surface area contributed by atoms with Crippen LogP contribution in [0.2, 0.25) is 0 Å².